The number of hydrogen-bond acceptors (Lipinski definition) is 4. The average molecular weight is 229 g/mol. The van der Waals surface area contributed by atoms with Crippen molar-refractivity contribution >= 4 is 10.0 Å². The van der Waals surface area contributed by atoms with Crippen LogP contribution in [0.4, 0.5) is 0 Å². The fourth-order valence-electron chi connectivity index (χ4n) is 1.52. The molecule has 0 radical (unpaired) electrons. The molecule has 0 saturated carbocycles. The Bertz CT molecular complexity index is 509. The number of rotatable bonds is 1. The van der Waals surface area contributed by atoms with Gasteiger partial charge in [-0.2, -0.15) is 0 Å². The van der Waals surface area contributed by atoms with Crippen molar-refractivity contribution in [3.05, 3.63) is 17.7 Å². The van der Waals surface area contributed by atoms with Crippen LogP contribution in [0.5, 0.6) is 11.5 Å². The Labute approximate surface area is 87.8 Å². The molecule has 0 fully saturated rings. The summed E-state index contributed by atoms with van der Waals surface area (Å²) < 4.78 is 33.0. The standard InChI is InChI=1S/C9H11NO4S/c1-5-3-7-8(14-6(2)13-7)4-9(5)15(10,11)12/h3-4,6H,1-2H3,(H2,10,11,12). The molecule has 0 aromatic heterocycles. The highest BCUT2D eigenvalue weighted by molar-refractivity contribution is 7.89. The first kappa shape index (κ1) is 10.3. The Morgan fingerprint density at radius 1 is 1.27 bits per heavy atom. The first-order valence-electron chi connectivity index (χ1n) is 4.38. The van der Waals surface area contributed by atoms with Crippen molar-refractivity contribution < 1.29 is 17.9 Å². The van der Waals surface area contributed by atoms with Gasteiger partial charge in [-0.3, -0.25) is 0 Å². The summed E-state index contributed by atoms with van der Waals surface area (Å²) >= 11 is 0. The van der Waals surface area contributed by atoms with E-state index in [4.69, 9.17) is 14.6 Å². The van der Waals surface area contributed by atoms with Crippen LogP contribution < -0.4 is 14.6 Å². The van der Waals surface area contributed by atoms with Crippen LogP contribution in [0, 0.1) is 6.92 Å². The molecule has 0 saturated heterocycles. The maximum Gasteiger partial charge on any atom is 0.238 e. The van der Waals surface area contributed by atoms with Crippen molar-refractivity contribution in [2.24, 2.45) is 5.14 Å². The molecule has 1 aliphatic rings. The van der Waals surface area contributed by atoms with Crippen molar-refractivity contribution in [1.29, 1.82) is 0 Å². The molecule has 1 aliphatic heterocycles. The van der Waals surface area contributed by atoms with Crippen LogP contribution in [0.3, 0.4) is 0 Å². The van der Waals surface area contributed by atoms with Gasteiger partial charge in [0.2, 0.25) is 16.3 Å². The van der Waals surface area contributed by atoms with Crippen molar-refractivity contribution in [3.63, 3.8) is 0 Å². The Kier molecular flexibility index (Phi) is 2.13. The van der Waals surface area contributed by atoms with Crippen molar-refractivity contribution in [2.75, 3.05) is 0 Å². The fourth-order valence-corrected chi connectivity index (χ4v) is 2.29. The molecule has 1 heterocycles. The van der Waals surface area contributed by atoms with Crippen LogP contribution in [-0.4, -0.2) is 14.7 Å². The second kappa shape index (κ2) is 3.11. The minimum absolute atomic E-state index is 0.0685. The van der Waals surface area contributed by atoms with E-state index in [1.54, 1.807) is 19.9 Å². The lowest BCUT2D eigenvalue weighted by atomic mass is 10.2. The molecule has 6 heteroatoms. The number of primary sulfonamides is 1. The van der Waals surface area contributed by atoms with Crippen LogP contribution in [0.2, 0.25) is 0 Å². The molecule has 0 spiro atoms. The predicted octanol–water partition coefficient (Wildman–Crippen LogP) is 0.760. The lowest BCUT2D eigenvalue weighted by molar-refractivity contribution is 0.0678. The minimum atomic E-state index is -3.71. The van der Waals surface area contributed by atoms with Gasteiger partial charge in [0.15, 0.2) is 11.5 Å². The first-order chi connectivity index (χ1) is 6.88. The van der Waals surface area contributed by atoms with Gasteiger partial charge in [0.05, 0.1) is 4.90 Å². The molecule has 2 rings (SSSR count). The van der Waals surface area contributed by atoms with E-state index in [0.29, 0.717) is 17.1 Å². The van der Waals surface area contributed by atoms with E-state index in [1.807, 2.05) is 0 Å². The van der Waals surface area contributed by atoms with Gasteiger partial charge in [-0.1, -0.05) is 0 Å². The highest BCUT2D eigenvalue weighted by Crippen LogP contribution is 2.37. The molecule has 5 nitrogen and oxygen atoms in total. The van der Waals surface area contributed by atoms with E-state index in [2.05, 4.69) is 0 Å². The van der Waals surface area contributed by atoms with Crippen LogP contribution in [0.25, 0.3) is 0 Å². The molecule has 1 aromatic rings. The molecule has 15 heavy (non-hydrogen) atoms. The van der Waals surface area contributed by atoms with Gasteiger partial charge >= 0.3 is 0 Å². The molecule has 0 bridgehead atoms. The molecule has 82 valence electrons. The second-order valence-electron chi connectivity index (χ2n) is 3.41. The van der Waals surface area contributed by atoms with Gasteiger partial charge in [0, 0.05) is 13.0 Å². The number of aryl methyl sites for hydroxylation is 1. The highest BCUT2D eigenvalue weighted by atomic mass is 32.2. The van der Waals surface area contributed by atoms with Crippen molar-refractivity contribution in [1.82, 2.24) is 0 Å². The predicted molar refractivity (Wildman–Crippen MR) is 53.3 cm³/mol. The molecule has 2 N–H and O–H groups in total. The largest absolute Gasteiger partial charge is 0.451 e. The van der Waals surface area contributed by atoms with Gasteiger partial charge in [-0.25, -0.2) is 13.6 Å². The molecular weight excluding hydrogens is 218 g/mol. The topological polar surface area (TPSA) is 78.6 Å². The summed E-state index contributed by atoms with van der Waals surface area (Å²) in [7, 11) is -3.71. The number of benzene rings is 1. The third kappa shape index (κ3) is 1.78. The van der Waals surface area contributed by atoms with Gasteiger partial charge in [-0.05, 0) is 18.6 Å². The maximum absolute atomic E-state index is 11.2. The summed E-state index contributed by atoms with van der Waals surface area (Å²) in [4.78, 5) is 0.0685. The molecule has 1 atom stereocenters. The van der Waals surface area contributed by atoms with Crippen molar-refractivity contribution in [3.8, 4) is 11.5 Å². The van der Waals surface area contributed by atoms with Gasteiger partial charge in [-0.15, -0.1) is 0 Å². The highest BCUT2D eigenvalue weighted by Gasteiger charge is 2.24. The first-order valence-corrected chi connectivity index (χ1v) is 5.93. The number of sulfonamides is 1. The van der Waals surface area contributed by atoms with Crippen LogP contribution in [-0.2, 0) is 10.0 Å². The van der Waals surface area contributed by atoms with E-state index in [1.165, 1.54) is 6.07 Å². The zero-order valence-corrected chi connectivity index (χ0v) is 9.17. The number of ether oxygens (including phenoxy) is 2. The van der Waals surface area contributed by atoms with E-state index in [9.17, 15) is 8.42 Å². The number of fused-ring (bicyclic) bond motifs is 1. The molecule has 1 aromatic carbocycles. The molecule has 0 aliphatic carbocycles. The van der Waals surface area contributed by atoms with Gasteiger partial charge < -0.3 is 9.47 Å². The summed E-state index contributed by atoms with van der Waals surface area (Å²) in [6, 6.07) is 3.00. The Morgan fingerprint density at radius 3 is 2.33 bits per heavy atom. The Hall–Kier alpha value is -1.27. The smallest absolute Gasteiger partial charge is 0.238 e. The fraction of sp³-hybridized carbons (Fsp3) is 0.333. The van der Waals surface area contributed by atoms with Gasteiger partial charge in [0.1, 0.15) is 0 Å². The van der Waals surface area contributed by atoms with E-state index in [-0.39, 0.29) is 4.90 Å². The monoisotopic (exact) mass is 229 g/mol. The number of hydrogen-bond donors (Lipinski definition) is 1. The summed E-state index contributed by atoms with van der Waals surface area (Å²) in [5.41, 5.74) is 0.550. The van der Waals surface area contributed by atoms with Crippen LogP contribution in [0.15, 0.2) is 17.0 Å². The third-order valence-electron chi connectivity index (χ3n) is 2.13. The summed E-state index contributed by atoms with van der Waals surface area (Å²) in [5.74, 6) is 0.963. The zero-order chi connectivity index (χ0) is 11.2. The van der Waals surface area contributed by atoms with E-state index >= 15 is 0 Å². The van der Waals surface area contributed by atoms with Crippen LogP contribution >= 0.6 is 0 Å². The van der Waals surface area contributed by atoms with Crippen molar-refractivity contribution in [2.45, 2.75) is 25.0 Å². The quantitative estimate of drug-likeness (QED) is 0.771. The SMILES string of the molecule is Cc1cc2c(cc1S(N)(=O)=O)OC(C)O2. The van der Waals surface area contributed by atoms with E-state index in [0.717, 1.165) is 0 Å². The lowest BCUT2D eigenvalue weighted by Gasteiger charge is -2.04. The second-order valence-corrected chi connectivity index (χ2v) is 4.94. The van der Waals surface area contributed by atoms with Gasteiger partial charge in [0.25, 0.3) is 0 Å². The van der Waals surface area contributed by atoms with Crippen LogP contribution in [0.1, 0.15) is 12.5 Å². The summed E-state index contributed by atoms with van der Waals surface area (Å²) in [6.07, 6.45) is -0.393. The summed E-state index contributed by atoms with van der Waals surface area (Å²) in [6.45, 7) is 3.39. The lowest BCUT2D eigenvalue weighted by Crippen LogP contribution is -2.13. The minimum Gasteiger partial charge on any atom is -0.451 e. The summed E-state index contributed by atoms with van der Waals surface area (Å²) in [5, 5.41) is 5.06. The normalized spacial score (nSPS) is 19.3. The Morgan fingerprint density at radius 2 is 1.80 bits per heavy atom. The molecule has 0 amide bonds. The Balaban J connectivity index is 2.59. The average Bonchev–Trinajstić information content (AvgIpc) is 2.40. The maximum atomic E-state index is 11.2. The third-order valence-corrected chi connectivity index (χ3v) is 3.19. The zero-order valence-electron chi connectivity index (χ0n) is 8.35. The number of nitrogens with two attached hydrogens (primary N) is 1. The molecular formula is C9H11NO4S. The van der Waals surface area contributed by atoms with E-state index < -0.39 is 16.3 Å². The molecule has 1 unspecified atom stereocenters.